The van der Waals surface area contributed by atoms with Gasteiger partial charge < -0.3 is 0 Å². The molecule has 0 radical (unpaired) electrons. The molecule has 0 nitrogen and oxygen atoms in total. The molecule has 4 heteroatoms. The molecule has 254 valence electrons. The van der Waals surface area contributed by atoms with Crippen molar-refractivity contribution in [3.63, 3.8) is 0 Å². The fraction of sp³-hybridized carbons (Fsp3) is 0.364. The molecule has 0 fully saturated rings. The molecule has 0 aromatic heterocycles. The van der Waals surface area contributed by atoms with Crippen LogP contribution in [0.3, 0.4) is 0 Å². The number of benzene rings is 4. The van der Waals surface area contributed by atoms with Gasteiger partial charge in [0.2, 0.25) is 0 Å². The van der Waals surface area contributed by atoms with Crippen molar-refractivity contribution in [1.82, 2.24) is 0 Å². The summed E-state index contributed by atoms with van der Waals surface area (Å²) in [5.74, 6) is 1.93. The first-order chi connectivity index (χ1) is 21.7. The van der Waals surface area contributed by atoms with E-state index in [2.05, 4.69) is 169 Å². The minimum atomic E-state index is -3.96. The van der Waals surface area contributed by atoms with Crippen LogP contribution < -0.4 is 0 Å². The Labute approximate surface area is 306 Å². The molecule has 0 aliphatic heterocycles. The zero-order valence-corrected chi connectivity index (χ0v) is 36.2. The van der Waals surface area contributed by atoms with Crippen molar-refractivity contribution in [2.75, 3.05) is 0 Å². The van der Waals surface area contributed by atoms with Crippen LogP contribution in [0, 0.1) is 0 Å². The predicted octanol–water partition coefficient (Wildman–Crippen LogP) is 13.2. The second-order valence-electron chi connectivity index (χ2n) is 16.6. The SMILES string of the molecule is CC(C)c1cc(C(C)C)c2c(c1)[CH]([Zr]([CH3])([CH3])(=[SiH2])[CH]1C(c3ccccc3)=Cc3c(C(C)C)cc(C(C)C)cc31)C(c1ccccc1)=C2.Cl.Cl. The zero-order chi connectivity index (χ0) is 33.2. The van der Waals surface area contributed by atoms with Crippen molar-refractivity contribution in [3.05, 3.63) is 141 Å². The van der Waals surface area contributed by atoms with E-state index < -0.39 is 17.4 Å². The van der Waals surface area contributed by atoms with Crippen LogP contribution in [-0.4, -0.2) is 6.88 Å². The van der Waals surface area contributed by atoms with Gasteiger partial charge in [-0.15, -0.1) is 24.8 Å². The third-order valence-corrected chi connectivity index (χ3v) is 28.3. The maximum Gasteiger partial charge on any atom is -0.147 e. The summed E-state index contributed by atoms with van der Waals surface area (Å²) < 4.78 is 6.45. The van der Waals surface area contributed by atoms with Gasteiger partial charge in [-0.1, -0.05) is 0 Å². The summed E-state index contributed by atoms with van der Waals surface area (Å²) in [5, 5.41) is 0. The molecule has 2 unspecified atom stereocenters. The minimum absolute atomic E-state index is 0. The van der Waals surface area contributed by atoms with Gasteiger partial charge >= 0.3 is 284 Å². The number of halogens is 2. The Hall–Kier alpha value is -1.96. The summed E-state index contributed by atoms with van der Waals surface area (Å²) in [7, 11) is 0. The third-order valence-electron chi connectivity index (χ3n) is 11.1. The first kappa shape index (κ1) is 38.8. The van der Waals surface area contributed by atoms with Crippen LogP contribution in [0.25, 0.3) is 23.3 Å². The fourth-order valence-corrected chi connectivity index (χ4v) is 27.1. The molecule has 2 aliphatic rings. The third kappa shape index (κ3) is 6.74. The van der Waals surface area contributed by atoms with Gasteiger partial charge in [-0.2, -0.15) is 0 Å². The van der Waals surface area contributed by atoms with Gasteiger partial charge in [-0.05, 0) is 0 Å². The average Bonchev–Trinajstić information content (AvgIpc) is 3.61. The number of hydrogen-bond acceptors (Lipinski definition) is 0. The molecule has 0 bridgehead atoms. The van der Waals surface area contributed by atoms with E-state index in [1.807, 2.05) is 0 Å². The molecule has 4 aromatic carbocycles. The summed E-state index contributed by atoms with van der Waals surface area (Å²) in [4.78, 5) is 0. The molecule has 2 aliphatic carbocycles. The molecular weight excluding hydrogens is 719 g/mol. The number of hydrogen-bond donors (Lipinski definition) is 0. The van der Waals surface area contributed by atoms with E-state index in [9.17, 15) is 0 Å². The molecule has 0 amide bonds. The van der Waals surface area contributed by atoms with Crippen molar-refractivity contribution in [2.45, 2.75) is 95.6 Å². The van der Waals surface area contributed by atoms with Crippen LogP contribution in [0.5, 0.6) is 0 Å². The maximum absolute atomic E-state index is 3.96. The van der Waals surface area contributed by atoms with Gasteiger partial charge in [0.15, 0.2) is 0 Å². The van der Waals surface area contributed by atoms with Crippen molar-refractivity contribution in [1.29, 1.82) is 0 Å². The summed E-state index contributed by atoms with van der Waals surface area (Å²) in [5.41, 5.74) is 18.1. The standard InChI is InChI=1S/2C21H23.2CH3.2ClH.H2Si.Zr/c2*1-14(2)17-10-19-11-18(16-8-6-5-7-9-16)13-21(19)20(12-17)15(3)4;;;;;;/h2*5-15H,1-4H3;2*1H3;2*1H;1H2;. The van der Waals surface area contributed by atoms with Crippen molar-refractivity contribution < 1.29 is 17.4 Å². The smallest absolute Gasteiger partial charge is 0.147 e. The van der Waals surface area contributed by atoms with E-state index in [4.69, 9.17) is 0 Å². The Morgan fingerprint density at radius 2 is 0.833 bits per heavy atom. The summed E-state index contributed by atoms with van der Waals surface area (Å²) in [6, 6.07) is 33.0. The molecule has 0 heterocycles. The second kappa shape index (κ2) is 14.3. The van der Waals surface area contributed by atoms with Crippen LogP contribution in [0.1, 0.15) is 142 Å². The molecule has 4 aromatic rings. The largest absolute Gasteiger partial charge is 0.147 e. The molecule has 0 spiro atoms. The number of rotatable bonds is 8. The predicted molar refractivity (Wildman–Crippen MR) is 218 cm³/mol. The van der Waals surface area contributed by atoms with Crippen molar-refractivity contribution >= 4 is 55.0 Å². The monoisotopic (exact) mass is 772 g/mol. The Bertz CT molecular complexity index is 1790. The Balaban J connectivity index is 0.00000260. The maximum atomic E-state index is 2.81. The topological polar surface area (TPSA) is 0 Å². The summed E-state index contributed by atoms with van der Waals surface area (Å²) in [6.07, 6.45) is 5.24. The minimum Gasteiger partial charge on any atom is -0.147 e. The molecule has 0 N–H and O–H groups in total. The van der Waals surface area contributed by atoms with Crippen molar-refractivity contribution in [2.24, 2.45) is 0 Å². The zero-order valence-electron chi connectivity index (χ0n) is 30.7. The van der Waals surface area contributed by atoms with E-state index in [0.717, 1.165) is 0 Å². The summed E-state index contributed by atoms with van der Waals surface area (Å²) >= 11 is -3.96. The van der Waals surface area contributed by atoms with E-state index in [-0.39, 0.29) is 24.8 Å². The van der Waals surface area contributed by atoms with E-state index in [1.54, 1.807) is 22.3 Å². The molecule has 48 heavy (non-hydrogen) atoms. The van der Waals surface area contributed by atoms with Crippen molar-refractivity contribution in [3.8, 4) is 0 Å². The van der Waals surface area contributed by atoms with Gasteiger partial charge in [0.05, 0.1) is 0 Å². The normalized spacial score (nSPS) is 17.2. The molecule has 6 rings (SSSR count). The van der Waals surface area contributed by atoms with Crippen LogP contribution in [0.4, 0.5) is 0 Å². The van der Waals surface area contributed by atoms with Gasteiger partial charge in [0.25, 0.3) is 0 Å². The molecular formula is C44H56Cl2SiZr. The molecule has 0 saturated carbocycles. The van der Waals surface area contributed by atoms with Gasteiger partial charge in [-0.25, -0.2) is 0 Å². The molecule has 2 atom stereocenters. The van der Waals surface area contributed by atoms with Crippen LogP contribution in [0.2, 0.25) is 9.26 Å². The van der Waals surface area contributed by atoms with Crippen LogP contribution in [-0.2, 0) is 17.4 Å². The quantitative estimate of drug-likeness (QED) is 0.156. The van der Waals surface area contributed by atoms with Crippen LogP contribution >= 0.6 is 24.8 Å². The first-order valence-corrected chi connectivity index (χ1v) is 31.3. The second-order valence-corrected chi connectivity index (χ2v) is 47.1. The number of allylic oxidation sites excluding steroid dienone is 2. The Kier molecular flexibility index (Phi) is 11.6. The van der Waals surface area contributed by atoms with E-state index in [1.165, 1.54) is 44.5 Å². The van der Waals surface area contributed by atoms with Crippen LogP contribution in [0.15, 0.2) is 84.9 Å². The van der Waals surface area contributed by atoms with E-state index >= 15 is 0 Å². The summed E-state index contributed by atoms with van der Waals surface area (Å²) in [6.45, 7) is 21.5. The average molecular weight is 775 g/mol. The Morgan fingerprint density at radius 1 is 0.500 bits per heavy atom. The number of fused-ring (bicyclic) bond motifs is 2. The molecule has 0 saturated heterocycles. The van der Waals surface area contributed by atoms with Gasteiger partial charge in [0, 0.05) is 0 Å². The Morgan fingerprint density at radius 3 is 1.12 bits per heavy atom. The van der Waals surface area contributed by atoms with Gasteiger partial charge in [-0.3, -0.25) is 0 Å². The van der Waals surface area contributed by atoms with E-state index in [0.29, 0.717) is 30.9 Å². The first-order valence-electron chi connectivity index (χ1n) is 17.6. The van der Waals surface area contributed by atoms with Gasteiger partial charge in [0.1, 0.15) is 0 Å². The fourth-order valence-electron chi connectivity index (χ4n) is 8.66.